The zero-order valence-electron chi connectivity index (χ0n) is 10.1. The third-order valence-corrected chi connectivity index (χ3v) is 4.38. The number of rotatable bonds is 3. The molecule has 0 heterocycles. The van der Waals surface area contributed by atoms with Gasteiger partial charge in [-0.05, 0) is 48.8 Å². The fourth-order valence-electron chi connectivity index (χ4n) is 3.46. The highest BCUT2D eigenvalue weighted by Gasteiger charge is 2.38. The van der Waals surface area contributed by atoms with Crippen molar-refractivity contribution in [3.8, 4) is 5.75 Å². The van der Waals surface area contributed by atoms with Crippen molar-refractivity contribution >= 4 is 0 Å². The monoisotopic (exact) mass is 253 g/mol. The van der Waals surface area contributed by atoms with Crippen LogP contribution in [-0.2, 0) is 6.54 Å². The number of halogens is 2. The summed E-state index contributed by atoms with van der Waals surface area (Å²) in [5.41, 5.74) is 0.547. The number of hydrogen-bond acceptors (Lipinski definition) is 2. The number of hydrogen-bond donors (Lipinski definition) is 2. The fourth-order valence-corrected chi connectivity index (χ4v) is 3.46. The van der Waals surface area contributed by atoms with Crippen molar-refractivity contribution < 1.29 is 13.9 Å². The summed E-state index contributed by atoms with van der Waals surface area (Å²) in [6, 6.07) is 2.88. The molecule has 98 valence electrons. The van der Waals surface area contributed by atoms with Gasteiger partial charge in [0.1, 0.15) is 0 Å². The van der Waals surface area contributed by atoms with Gasteiger partial charge < -0.3 is 10.4 Å². The van der Waals surface area contributed by atoms with E-state index in [9.17, 15) is 8.78 Å². The molecule has 2 saturated carbocycles. The predicted octanol–water partition coefficient (Wildman–Crippen LogP) is 2.95. The summed E-state index contributed by atoms with van der Waals surface area (Å²) in [7, 11) is 0. The van der Waals surface area contributed by atoms with E-state index in [1.807, 2.05) is 0 Å². The van der Waals surface area contributed by atoms with Gasteiger partial charge in [0, 0.05) is 12.6 Å². The van der Waals surface area contributed by atoms with Crippen molar-refractivity contribution in [2.75, 3.05) is 0 Å². The number of nitrogens with one attached hydrogen (secondary N) is 1. The smallest absolute Gasteiger partial charge is 0.187 e. The highest BCUT2D eigenvalue weighted by atomic mass is 19.1. The lowest BCUT2D eigenvalue weighted by atomic mass is 9.95. The van der Waals surface area contributed by atoms with Crippen LogP contribution in [0, 0.1) is 23.5 Å². The highest BCUT2D eigenvalue weighted by Crippen LogP contribution is 2.44. The van der Waals surface area contributed by atoms with Crippen LogP contribution in [0.3, 0.4) is 0 Å². The van der Waals surface area contributed by atoms with Crippen molar-refractivity contribution in [3.63, 3.8) is 0 Å². The minimum Gasteiger partial charge on any atom is -0.503 e. The summed E-state index contributed by atoms with van der Waals surface area (Å²) in [5, 5.41) is 12.4. The first-order chi connectivity index (χ1) is 8.63. The van der Waals surface area contributed by atoms with Crippen LogP contribution in [0.2, 0.25) is 0 Å². The summed E-state index contributed by atoms with van der Waals surface area (Å²) in [5.74, 6) is -1.08. The maximum absolute atomic E-state index is 13.2. The number of benzene rings is 1. The second-order valence-electron chi connectivity index (χ2n) is 5.57. The van der Waals surface area contributed by atoms with Crippen LogP contribution in [0.1, 0.15) is 31.2 Å². The number of fused-ring (bicyclic) bond motifs is 2. The molecule has 3 rings (SSSR count). The summed E-state index contributed by atoms with van der Waals surface area (Å²) in [6.45, 7) is 0.460. The molecule has 2 aliphatic carbocycles. The summed E-state index contributed by atoms with van der Waals surface area (Å²) in [4.78, 5) is 0. The van der Waals surface area contributed by atoms with E-state index >= 15 is 0 Å². The Morgan fingerprint density at radius 3 is 2.44 bits per heavy atom. The Kier molecular flexibility index (Phi) is 2.98. The molecule has 0 spiro atoms. The van der Waals surface area contributed by atoms with Crippen molar-refractivity contribution in [2.24, 2.45) is 11.8 Å². The van der Waals surface area contributed by atoms with Crippen molar-refractivity contribution in [2.45, 2.75) is 38.3 Å². The molecular formula is C14H17F2NO. The van der Waals surface area contributed by atoms with E-state index in [2.05, 4.69) is 5.32 Å². The van der Waals surface area contributed by atoms with Crippen LogP contribution in [0.25, 0.3) is 0 Å². The third-order valence-electron chi connectivity index (χ3n) is 4.38. The Balaban J connectivity index is 1.63. The van der Waals surface area contributed by atoms with E-state index in [0.29, 0.717) is 18.2 Å². The van der Waals surface area contributed by atoms with Gasteiger partial charge in [-0.25, -0.2) is 8.78 Å². The van der Waals surface area contributed by atoms with Gasteiger partial charge >= 0.3 is 0 Å². The molecule has 18 heavy (non-hydrogen) atoms. The zero-order valence-corrected chi connectivity index (χ0v) is 10.1. The molecule has 0 aromatic heterocycles. The molecule has 2 nitrogen and oxygen atoms in total. The van der Waals surface area contributed by atoms with Gasteiger partial charge in [-0.1, -0.05) is 6.42 Å². The fraction of sp³-hybridized carbons (Fsp3) is 0.571. The highest BCUT2D eigenvalue weighted by molar-refractivity contribution is 5.30. The molecule has 2 bridgehead atoms. The van der Waals surface area contributed by atoms with Crippen LogP contribution in [0.5, 0.6) is 5.75 Å². The average Bonchev–Trinajstić information content (AvgIpc) is 2.95. The Morgan fingerprint density at radius 1 is 1.17 bits per heavy atom. The zero-order chi connectivity index (χ0) is 12.7. The first-order valence-electron chi connectivity index (χ1n) is 6.53. The van der Waals surface area contributed by atoms with Gasteiger partial charge in [-0.15, -0.1) is 0 Å². The summed E-state index contributed by atoms with van der Waals surface area (Å²) >= 11 is 0. The third kappa shape index (κ3) is 2.09. The summed E-state index contributed by atoms with van der Waals surface area (Å²) in [6.07, 6.45) is 5.11. The van der Waals surface area contributed by atoms with Crippen LogP contribution >= 0.6 is 0 Å². The minimum atomic E-state index is -0.890. The van der Waals surface area contributed by atoms with Crippen molar-refractivity contribution in [1.82, 2.24) is 5.32 Å². The molecular weight excluding hydrogens is 236 g/mol. The second-order valence-corrected chi connectivity index (χ2v) is 5.57. The normalized spacial score (nSPS) is 30.0. The van der Waals surface area contributed by atoms with Gasteiger partial charge in [0.2, 0.25) is 0 Å². The predicted molar refractivity (Wildman–Crippen MR) is 64.1 cm³/mol. The van der Waals surface area contributed by atoms with Crippen LogP contribution in [-0.4, -0.2) is 11.1 Å². The van der Waals surface area contributed by atoms with Crippen molar-refractivity contribution in [1.29, 1.82) is 0 Å². The SMILES string of the molecule is Oc1c(F)cc(CNC2CC3CCC2C3)cc1F. The molecule has 3 unspecified atom stereocenters. The Labute approximate surface area is 105 Å². The summed E-state index contributed by atoms with van der Waals surface area (Å²) < 4.78 is 26.3. The number of aromatic hydroxyl groups is 1. The lowest BCUT2D eigenvalue weighted by Crippen LogP contribution is -2.33. The lowest BCUT2D eigenvalue weighted by molar-refractivity contribution is 0.349. The molecule has 0 aliphatic heterocycles. The van der Waals surface area contributed by atoms with Gasteiger partial charge in [0.15, 0.2) is 17.4 Å². The molecule has 2 fully saturated rings. The molecule has 1 aromatic rings. The van der Waals surface area contributed by atoms with E-state index < -0.39 is 17.4 Å². The molecule has 4 heteroatoms. The molecule has 3 atom stereocenters. The van der Waals surface area contributed by atoms with E-state index in [4.69, 9.17) is 5.11 Å². The van der Waals surface area contributed by atoms with Crippen LogP contribution in [0.4, 0.5) is 8.78 Å². The number of phenols is 1. The molecule has 0 radical (unpaired) electrons. The maximum atomic E-state index is 13.2. The number of phenolic OH excluding ortho intramolecular Hbond substituents is 1. The van der Waals surface area contributed by atoms with Gasteiger partial charge in [0.05, 0.1) is 0 Å². The Hall–Kier alpha value is -1.16. The quantitative estimate of drug-likeness (QED) is 0.868. The molecule has 1 aromatic carbocycles. The van der Waals surface area contributed by atoms with E-state index in [1.165, 1.54) is 37.8 Å². The second kappa shape index (κ2) is 4.50. The lowest BCUT2D eigenvalue weighted by Gasteiger charge is -2.23. The van der Waals surface area contributed by atoms with E-state index in [0.717, 1.165) is 11.8 Å². The van der Waals surface area contributed by atoms with E-state index in [1.54, 1.807) is 0 Å². The van der Waals surface area contributed by atoms with Gasteiger partial charge in [0.25, 0.3) is 0 Å². The molecule has 2 N–H and O–H groups in total. The average molecular weight is 253 g/mol. The topological polar surface area (TPSA) is 32.3 Å². The maximum Gasteiger partial charge on any atom is 0.187 e. The first-order valence-corrected chi connectivity index (χ1v) is 6.53. The Morgan fingerprint density at radius 2 is 1.89 bits per heavy atom. The minimum absolute atomic E-state index is 0.460. The van der Waals surface area contributed by atoms with Crippen LogP contribution < -0.4 is 5.32 Å². The Bertz CT molecular complexity index is 440. The first kappa shape index (κ1) is 11.9. The van der Waals surface area contributed by atoms with Crippen molar-refractivity contribution in [3.05, 3.63) is 29.3 Å². The van der Waals surface area contributed by atoms with Gasteiger partial charge in [-0.2, -0.15) is 0 Å². The standard InChI is InChI=1S/C14H17F2NO/c15-11-4-9(5-12(16)14(11)18)7-17-13-6-8-1-2-10(13)3-8/h4-5,8,10,13,17-18H,1-3,6-7H2. The molecule has 0 amide bonds. The van der Waals surface area contributed by atoms with E-state index in [-0.39, 0.29) is 0 Å². The largest absolute Gasteiger partial charge is 0.503 e. The molecule has 2 aliphatic rings. The van der Waals surface area contributed by atoms with Gasteiger partial charge in [-0.3, -0.25) is 0 Å². The molecule has 0 saturated heterocycles. The van der Waals surface area contributed by atoms with Crippen LogP contribution in [0.15, 0.2) is 12.1 Å².